The fourth-order valence-corrected chi connectivity index (χ4v) is 3.59. The lowest BCUT2D eigenvalue weighted by molar-refractivity contribution is 0.0684. The number of hydrogen-bond acceptors (Lipinski definition) is 4. The van der Waals surface area contributed by atoms with Crippen molar-refractivity contribution in [1.29, 1.82) is 0 Å². The van der Waals surface area contributed by atoms with Crippen LogP contribution in [0.4, 0.5) is 0 Å². The Bertz CT molecular complexity index is 990. The molecule has 1 aromatic carbocycles. The van der Waals surface area contributed by atoms with Crippen LogP contribution in [0.3, 0.4) is 0 Å². The molecule has 26 heavy (non-hydrogen) atoms. The monoisotopic (exact) mass is 354 g/mol. The lowest BCUT2D eigenvalue weighted by Gasteiger charge is -2.32. The zero-order valence-corrected chi connectivity index (χ0v) is 14.9. The number of carbonyl (C=O) groups excluding carboxylic acids is 1. The van der Waals surface area contributed by atoms with Gasteiger partial charge in [0.2, 0.25) is 0 Å². The Labute approximate surface area is 150 Å². The van der Waals surface area contributed by atoms with E-state index < -0.39 is 0 Å². The molecule has 0 spiro atoms. The lowest BCUT2D eigenvalue weighted by Crippen LogP contribution is -2.40. The molecule has 0 unspecified atom stereocenters. The van der Waals surface area contributed by atoms with Gasteiger partial charge in [0.05, 0.1) is 11.0 Å². The normalized spacial score (nSPS) is 15.9. The number of aromatic nitrogens is 3. The summed E-state index contributed by atoms with van der Waals surface area (Å²) < 4.78 is 7.06. The number of imidazole rings is 1. The fraction of sp³-hybridized carbons (Fsp3) is 0.421. The number of benzene rings is 1. The van der Waals surface area contributed by atoms with E-state index in [1.165, 1.54) is 0 Å². The SMILES string of the molecule is CC(C)c1cc(C(=O)N2CCC(n3c(=O)[nH]c4ccccc43)CC2)no1. The van der Waals surface area contributed by atoms with Crippen LogP contribution in [0.15, 0.2) is 39.6 Å². The number of amides is 1. The number of H-pyrrole nitrogens is 1. The van der Waals surface area contributed by atoms with Gasteiger partial charge >= 0.3 is 5.69 Å². The Morgan fingerprint density at radius 1 is 1.27 bits per heavy atom. The molecule has 1 saturated heterocycles. The van der Waals surface area contributed by atoms with Crippen LogP contribution in [0.1, 0.15) is 54.9 Å². The molecule has 3 heterocycles. The number of nitrogens with one attached hydrogen (secondary N) is 1. The van der Waals surface area contributed by atoms with Crippen LogP contribution in [0.2, 0.25) is 0 Å². The van der Waals surface area contributed by atoms with E-state index in [2.05, 4.69) is 10.1 Å². The smallest absolute Gasteiger partial charge is 0.326 e. The number of carbonyl (C=O) groups is 1. The van der Waals surface area contributed by atoms with E-state index >= 15 is 0 Å². The molecule has 3 aromatic rings. The highest BCUT2D eigenvalue weighted by Crippen LogP contribution is 2.26. The van der Waals surface area contributed by atoms with Crippen LogP contribution in [0, 0.1) is 0 Å². The lowest BCUT2D eigenvalue weighted by atomic mass is 10.0. The van der Waals surface area contributed by atoms with E-state index in [1.807, 2.05) is 42.7 Å². The highest BCUT2D eigenvalue weighted by Gasteiger charge is 2.28. The van der Waals surface area contributed by atoms with Crippen molar-refractivity contribution in [2.45, 2.75) is 38.6 Å². The number of aromatic amines is 1. The minimum Gasteiger partial charge on any atom is -0.360 e. The summed E-state index contributed by atoms with van der Waals surface area (Å²) in [5, 5.41) is 3.91. The number of fused-ring (bicyclic) bond motifs is 1. The number of likely N-dealkylation sites (tertiary alicyclic amines) is 1. The third kappa shape index (κ3) is 2.83. The van der Waals surface area contributed by atoms with Crippen LogP contribution in [0.25, 0.3) is 11.0 Å². The van der Waals surface area contributed by atoms with E-state index in [9.17, 15) is 9.59 Å². The molecule has 1 fully saturated rings. The van der Waals surface area contributed by atoms with Gasteiger partial charge in [0.25, 0.3) is 5.91 Å². The first kappa shape index (κ1) is 16.6. The molecule has 0 bridgehead atoms. The molecule has 7 heteroatoms. The Kier molecular flexibility index (Phi) is 4.14. The topological polar surface area (TPSA) is 84.1 Å². The summed E-state index contributed by atoms with van der Waals surface area (Å²) in [4.78, 5) is 29.7. The number of hydrogen-bond donors (Lipinski definition) is 1. The number of para-hydroxylation sites is 2. The quantitative estimate of drug-likeness (QED) is 0.784. The predicted molar refractivity (Wildman–Crippen MR) is 97.3 cm³/mol. The van der Waals surface area contributed by atoms with Crippen molar-refractivity contribution in [2.24, 2.45) is 0 Å². The van der Waals surface area contributed by atoms with Gasteiger partial charge in [-0.3, -0.25) is 9.36 Å². The van der Waals surface area contributed by atoms with Crippen LogP contribution in [-0.4, -0.2) is 38.6 Å². The van der Waals surface area contributed by atoms with Crippen molar-refractivity contribution in [3.63, 3.8) is 0 Å². The van der Waals surface area contributed by atoms with Gasteiger partial charge in [0.15, 0.2) is 5.69 Å². The Morgan fingerprint density at radius 3 is 2.69 bits per heavy atom. The van der Waals surface area contributed by atoms with Crippen molar-refractivity contribution < 1.29 is 9.32 Å². The summed E-state index contributed by atoms with van der Waals surface area (Å²) in [6, 6.07) is 9.51. The molecular weight excluding hydrogens is 332 g/mol. The molecule has 1 N–H and O–H groups in total. The van der Waals surface area contributed by atoms with Gasteiger partial charge in [-0.1, -0.05) is 31.1 Å². The summed E-state index contributed by atoms with van der Waals surface area (Å²) in [5.41, 5.74) is 2.03. The highest BCUT2D eigenvalue weighted by atomic mass is 16.5. The largest absolute Gasteiger partial charge is 0.360 e. The molecular formula is C19H22N4O3. The molecule has 0 saturated carbocycles. The summed E-state index contributed by atoms with van der Waals surface area (Å²) >= 11 is 0. The summed E-state index contributed by atoms with van der Waals surface area (Å²) in [6.07, 6.45) is 1.48. The van der Waals surface area contributed by atoms with Crippen molar-refractivity contribution in [3.05, 3.63) is 52.3 Å². The Hall–Kier alpha value is -2.83. The second-order valence-electron chi connectivity index (χ2n) is 7.11. The molecule has 4 rings (SSSR count). The van der Waals surface area contributed by atoms with E-state index in [1.54, 1.807) is 11.0 Å². The molecule has 0 aliphatic carbocycles. The molecule has 7 nitrogen and oxygen atoms in total. The number of piperidine rings is 1. The van der Waals surface area contributed by atoms with Crippen molar-refractivity contribution in [2.75, 3.05) is 13.1 Å². The average molecular weight is 354 g/mol. The van der Waals surface area contributed by atoms with Crippen LogP contribution < -0.4 is 5.69 Å². The Morgan fingerprint density at radius 2 is 2.00 bits per heavy atom. The maximum atomic E-state index is 12.6. The van der Waals surface area contributed by atoms with Gasteiger partial charge in [-0.05, 0) is 25.0 Å². The first-order valence-corrected chi connectivity index (χ1v) is 8.99. The van der Waals surface area contributed by atoms with Crippen molar-refractivity contribution >= 4 is 16.9 Å². The van der Waals surface area contributed by atoms with Gasteiger partial charge in [0.1, 0.15) is 5.76 Å². The van der Waals surface area contributed by atoms with E-state index in [0.717, 1.165) is 23.9 Å². The second kappa shape index (κ2) is 6.48. The van der Waals surface area contributed by atoms with E-state index in [-0.39, 0.29) is 23.6 Å². The predicted octanol–water partition coefficient (Wildman–Crippen LogP) is 2.92. The van der Waals surface area contributed by atoms with Gasteiger partial charge in [-0.25, -0.2) is 4.79 Å². The number of nitrogens with zero attached hydrogens (tertiary/aromatic N) is 3. The second-order valence-corrected chi connectivity index (χ2v) is 7.11. The standard InChI is InChI=1S/C19H22N4O3/c1-12(2)17-11-15(21-26-17)18(24)22-9-7-13(8-10-22)23-16-6-4-3-5-14(16)20-19(23)25/h3-6,11-13H,7-10H2,1-2H3,(H,20,25). The minimum absolute atomic E-state index is 0.0888. The zero-order valence-electron chi connectivity index (χ0n) is 14.9. The molecule has 2 aromatic heterocycles. The van der Waals surface area contributed by atoms with Crippen LogP contribution in [0.5, 0.6) is 0 Å². The van der Waals surface area contributed by atoms with E-state index in [0.29, 0.717) is 24.5 Å². The van der Waals surface area contributed by atoms with Crippen molar-refractivity contribution in [3.8, 4) is 0 Å². The highest BCUT2D eigenvalue weighted by molar-refractivity contribution is 5.92. The summed E-state index contributed by atoms with van der Waals surface area (Å²) in [7, 11) is 0. The maximum absolute atomic E-state index is 12.6. The average Bonchev–Trinajstić information content (AvgIpc) is 3.25. The molecule has 136 valence electrons. The number of rotatable bonds is 3. The minimum atomic E-state index is -0.106. The third-order valence-electron chi connectivity index (χ3n) is 5.06. The first-order chi connectivity index (χ1) is 12.5. The van der Waals surface area contributed by atoms with Crippen molar-refractivity contribution in [1.82, 2.24) is 19.6 Å². The zero-order chi connectivity index (χ0) is 18.3. The molecule has 1 aliphatic rings. The molecule has 0 atom stereocenters. The van der Waals surface area contributed by atoms with Crippen LogP contribution in [-0.2, 0) is 0 Å². The van der Waals surface area contributed by atoms with Gasteiger partial charge < -0.3 is 14.4 Å². The summed E-state index contributed by atoms with van der Waals surface area (Å²) in [6.45, 7) is 5.19. The van der Waals surface area contributed by atoms with Crippen LogP contribution >= 0.6 is 0 Å². The van der Waals surface area contributed by atoms with E-state index in [4.69, 9.17) is 4.52 Å². The van der Waals surface area contributed by atoms with Gasteiger partial charge in [-0.15, -0.1) is 0 Å². The Balaban J connectivity index is 1.49. The molecule has 1 aliphatic heterocycles. The fourth-order valence-electron chi connectivity index (χ4n) is 3.59. The maximum Gasteiger partial charge on any atom is 0.326 e. The summed E-state index contributed by atoms with van der Waals surface area (Å²) in [5.74, 6) is 0.808. The third-order valence-corrected chi connectivity index (χ3v) is 5.06. The van der Waals surface area contributed by atoms with Gasteiger partial charge in [-0.2, -0.15) is 0 Å². The molecule has 0 radical (unpaired) electrons. The van der Waals surface area contributed by atoms with Gasteiger partial charge in [0, 0.05) is 31.1 Å². The molecule has 1 amide bonds. The first-order valence-electron chi connectivity index (χ1n) is 8.99.